The lowest BCUT2D eigenvalue weighted by Crippen LogP contribution is -2.48. The molecule has 6 nitrogen and oxygen atoms in total. The monoisotopic (exact) mass is 500 g/mol. The van der Waals surface area contributed by atoms with Gasteiger partial charge in [-0.15, -0.1) is 0 Å². The first-order chi connectivity index (χ1) is 17.4. The average molecular weight is 501 g/mol. The predicted molar refractivity (Wildman–Crippen MR) is 143 cm³/mol. The van der Waals surface area contributed by atoms with Crippen molar-refractivity contribution in [1.82, 2.24) is 20.9 Å². The second-order valence-electron chi connectivity index (χ2n) is 10.3. The van der Waals surface area contributed by atoms with Crippen LogP contribution in [0.4, 0.5) is 4.39 Å². The largest absolute Gasteiger partial charge is 0.378 e. The van der Waals surface area contributed by atoms with Gasteiger partial charge in [0.05, 0.1) is 19.1 Å². The van der Waals surface area contributed by atoms with Gasteiger partial charge >= 0.3 is 0 Å². The number of hydrogen-bond donors (Lipinski definition) is 3. The van der Waals surface area contributed by atoms with Crippen LogP contribution in [0.2, 0.25) is 0 Å². The Bertz CT molecular complexity index is 895. The highest BCUT2D eigenvalue weighted by atomic mass is 19.1. The van der Waals surface area contributed by atoms with Crippen LogP contribution in [0.25, 0.3) is 0 Å². The van der Waals surface area contributed by atoms with Crippen LogP contribution < -0.4 is 16.0 Å². The number of likely N-dealkylation sites (N-methyl/N-ethyl adjacent to an activating group) is 1. The van der Waals surface area contributed by atoms with E-state index in [2.05, 4.69) is 22.9 Å². The van der Waals surface area contributed by atoms with Crippen molar-refractivity contribution in [3.8, 4) is 0 Å². The lowest BCUT2D eigenvalue weighted by atomic mass is 9.77. The van der Waals surface area contributed by atoms with Gasteiger partial charge in [0.1, 0.15) is 5.82 Å². The van der Waals surface area contributed by atoms with Crippen LogP contribution >= 0.6 is 0 Å². The van der Waals surface area contributed by atoms with Crippen molar-refractivity contribution < 1.29 is 14.0 Å². The van der Waals surface area contributed by atoms with Crippen LogP contribution in [0.1, 0.15) is 82.3 Å². The third kappa shape index (κ3) is 8.32. The van der Waals surface area contributed by atoms with Crippen molar-refractivity contribution in [2.24, 2.45) is 5.92 Å². The maximum absolute atomic E-state index is 14.4. The molecule has 3 rings (SSSR count). The van der Waals surface area contributed by atoms with Gasteiger partial charge < -0.3 is 20.9 Å². The van der Waals surface area contributed by atoms with E-state index in [-0.39, 0.29) is 30.2 Å². The second kappa shape index (κ2) is 14.4. The first kappa shape index (κ1) is 28.2. The van der Waals surface area contributed by atoms with Gasteiger partial charge in [0.15, 0.2) is 0 Å². The lowest BCUT2D eigenvalue weighted by Gasteiger charge is -2.28. The van der Waals surface area contributed by atoms with Gasteiger partial charge in [-0.3, -0.25) is 9.59 Å². The molecule has 3 N–H and O–H groups in total. The Morgan fingerprint density at radius 1 is 1.14 bits per heavy atom. The van der Waals surface area contributed by atoms with Gasteiger partial charge in [-0.2, -0.15) is 0 Å². The fourth-order valence-corrected chi connectivity index (χ4v) is 4.91. The molecule has 1 unspecified atom stereocenters. The number of hydrogen-bond acceptors (Lipinski definition) is 4. The van der Waals surface area contributed by atoms with E-state index in [4.69, 9.17) is 0 Å². The van der Waals surface area contributed by atoms with Crippen molar-refractivity contribution >= 4 is 11.8 Å². The highest BCUT2D eigenvalue weighted by Gasteiger charge is 2.37. The number of rotatable bonds is 16. The summed E-state index contributed by atoms with van der Waals surface area (Å²) in [6, 6.07) is 5.26. The molecule has 2 aliphatic rings. The summed E-state index contributed by atoms with van der Waals surface area (Å²) in [6.07, 6.45) is 10.9. The first-order valence-electron chi connectivity index (χ1n) is 13.9. The van der Waals surface area contributed by atoms with Crippen LogP contribution in [0.5, 0.6) is 0 Å². The van der Waals surface area contributed by atoms with Crippen molar-refractivity contribution in [2.75, 3.05) is 33.2 Å². The molecule has 2 saturated carbocycles. The number of nitrogens with one attached hydrogen (secondary N) is 3. The van der Waals surface area contributed by atoms with Gasteiger partial charge in [-0.05, 0) is 86.9 Å². The van der Waals surface area contributed by atoms with E-state index in [0.29, 0.717) is 24.9 Å². The van der Waals surface area contributed by atoms with Gasteiger partial charge in [-0.1, -0.05) is 38.5 Å². The maximum Gasteiger partial charge on any atom is 0.240 e. The third-order valence-electron chi connectivity index (χ3n) is 7.29. The number of nitrogens with zero attached hydrogens (tertiary/aromatic N) is 1. The molecule has 1 atom stereocenters. The van der Waals surface area contributed by atoms with Gasteiger partial charge in [0.2, 0.25) is 11.8 Å². The molecule has 200 valence electrons. The molecule has 2 aliphatic carbocycles. The summed E-state index contributed by atoms with van der Waals surface area (Å²) in [4.78, 5) is 27.2. The molecule has 0 radical (unpaired) electrons. The van der Waals surface area contributed by atoms with E-state index < -0.39 is 0 Å². The van der Waals surface area contributed by atoms with Crippen LogP contribution in [-0.4, -0.2) is 56.0 Å². The number of carbonyl (C=O) groups excluding carboxylic acids is 2. The van der Waals surface area contributed by atoms with E-state index in [1.54, 1.807) is 17.0 Å². The topological polar surface area (TPSA) is 73.5 Å². The molecule has 1 aromatic rings. The number of amides is 2. The second-order valence-corrected chi connectivity index (χ2v) is 10.3. The Kier molecular flexibility index (Phi) is 11.2. The molecule has 0 aliphatic heterocycles. The quantitative estimate of drug-likeness (QED) is 0.297. The molecule has 0 heterocycles. The van der Waals surface area contributed by atoms with Crippen molar-refractivity contribution in [2.45, 2.75) is 83.6 Å². The summed E-state index contributed by atoms with van der Waals surface area (Å²) in [6.45, 7) is 6.18. The zero-order valence-electron chi connectivity index (χ0n) is 22.4. The Morgan fingerprint density at radius 3 is 2.56 bits per heavy atom. The van der Waals surface area contributed by atoms with Gasteiger partial charge in [-0.25, -0.2) is 4.39 Å². The molecule has 7 heteroatoms. The Morgan fingerprint density at radius 2 is 1.92 bits per heavy atom. The standard InChI is InChI=1S/C29H45FN4O2/c1-4-9-24(20-34(3)29(36)28(23-15-16-23)32-17-5-2)33-19-26(35)31-18-8-13-22-12-7-14-25(30)27(22)21-10-6-11-21/h7,9,12,14,21,23,28,32-33H,4-6,8,10-11,13,15-20H2,1-3H3,(H,31,35)/b24-9+. The Balaban J connectivity index is 1.40. The van der Waals surface area contributed by atoms with Crippen LogP contribution in [-0.2, 0) is 16.0 Å². The summed E-state index contributed by atoms with van der Waals surface area (Å²) in [5.74, 6) is 0.758. The van der Waals surface area contributed by atoms with Gasteiger partial charge in [0.25, 0.3) is 0 Å². The zero-order chi connectivity index (χ0) is 25.9. The van der Waals surface area contributed by atoms with Crippen LogP contribution in [0.3, 0.4) is 0 Å². The normalized spacial score (nSPS) is 16.8. The molecule has 0 saturated heterocycles. The summed E-state index contributed by atoms with van der Waals surface area (Å²) >= 11 is 0. The lowest BCUT2D eigenvalue weighted by molar-refractivity contribution is -0.132. The minimum absolute atomic E-state index is 0.0788. The highest BCUT2D eigenvalue weighted by Crippen LogP contribution is 2.39. The summed E-state index contributed by atoms with van der Waals surface area (Å²) < 4.78 is 14.4. The smallest absolute Gasteiger partial charge is 0.240 e. The minimum Gasteiger partial charge on any atom is -0.378 e. The van der Waals surface area contributed by atoms with Gasteiger partial charge in [0, 0.05) is 19.3 Å². The first-order valence-corrected chi connectivity index (χ1v) is 13.9. The fourth-order valence-electron chi connectivity index (χ4n) is 4.91. The number of aryl methyl sites for hydroxylation is 1. The van der Waals surface area contributed by atoms with Crippen LogP contribution in [0, 0.1) is 11.7 Å². The summed E-state index contributed by atoms with van der Waals surface area (Å²) in [7, 11) is 1.83. The van der Waals surface area contributed by atoms with E-state index >= 15 is 0 Å². The minimum atomic E-state index is -0.107. The predicted octanol–water partition coefficient (Wildman–Crippen LogP) is 4.26. The Labute approximate surface area is 216 Å². The molecular formula is C29H45FN4O2. The van der Waals surface area contributed by atoms with E-state index in [9.17, 15) is 14.0 Å². The molecule has 2 amide bonds. The molecule has 1 aromatic carbocycles. The van der Waals surface area contributed by atoms with E-state index in [0.717, 1.165) is 74.7 Å². The maximum atomic E-state index is 14.4. The number of allylic oxidation sites excluding steroid dienone is 1. The number of carbonyl (C=O) groups is 2. The van der Waals surface area contributed by atoms with Crippen molar-refractivity contribution in [3.05, 3.63) is 46.9 Å². The van der Waals surface area contributed by atoms with Crippen LogP contribution in [0.15, 0.2) is 30.0 Å². The Hall–Kier alpha value is -2.41. The number of halogens is 1. The fraction of sp³-hybridized carbons (Fsp3) is 0.655. The third-order valence-corrected chi connectivity index (χ3v) is 7.29. The summed E-state index contributed by atoms with van der Waals surface area (Å²) in [5, 5.41) is 9.60. The van der Waals surface area contributed by atoms with E-state index in [1.807, 2.05) is 26.1 Å². The van der Waals surface area contributed by atoms with Crippen molar-refractivity contribution in [1.29, 1.82) is 0 Å². The zero-order valence-corrected chi connectivity index (χ0v) is 22.4. The molecule has 2 fully saturated rings. The van der Waals surface area contributed by atoms with Crippen molar-refractivity contribution in [3.63, 3.8) is 0 Å². The van der Waals surface area contributed by atoms with E-state index in [1.165, 1.54) is 6.42 Å². The molecule has 0 spiro atoms. The highest BCUT2D eigenvalue weighted by molar-refractivity contribution is 5.82. The molecular weight excluding hydrogens is 455 g/mol. The molecule has 0 aromatic heterocycles. The molecule has 0 bridgehead atoms. The SMILES string of the molecule is CC/C=C(\CN(C)C(=O)C(NCCC)C1CC1)NCC(=O)NCCCc1cccc(F)c1C1CCC1. The summed E-state index contributed by atoms with van der Waals surface area (Å²) in [5.41, 5.74) is 2.85. The molecule has 36 heavy (non-hydrogen) atoms. The number of benzene rings is 1. The average Bonchev–Trinajstić information content (AvgIpc) is 3.66.